The molecule has 3 rings (SSSR count). The summed E-state index contributed by atoms with van der Waals surface area (Å²) in [7, 11) is 0. The van der Waals surface area contributed by atoms with Gasteiger partial charge in [-0.1, -0.05) is 17.7 Å². The average Bonchev–Trinajstić information content (AvgIpc) is 3.17. The van der Waals surface area contributed by atoms with Crippen molar-refractivity contribution >= 4 is 29.4 Å². The van der Waals surface area contributed by atoms with Crippen molar-refractivity contribution in [3.63, 3.8) is 0 Å². The Bertz CT molecular complexity index is 967. The number of carbonyl (C=O) groups excluding carboxylic acids is 1. The third-order valence-electron chi connectivity index (χ3n) is 3.58. The van der Waals surface area contributed by atoms with Crippen molar-refractivity contribution in [1.82, 2.24) is 9.99 Å². The van der Waals surface area contributed by atoms with Crippen molar-refractivity contribution in [2.45, 2.75) is 0 Å². The highest BCUT2D eigenvalue weighted by Gasteiger charge is 2.12. The molecule has 0 aliphatic carbocycles. The molecule has 0 fully saturated rings. The van der Waals surface area contributed by atoms with E-state index in [1.54, 1.807) is 18.2 Å². The number of nitrogens with zero attached hydrogens (tertiary/aromatic N) is 3. The van der Waals surface area contributed by atoms with Gasteiger partial charge in [0.2, 0.25) is 0 Å². The molecule has 0 spiro atoms. The van der Waals surface area contributed by atoms with Gasteiger partial charge in [-0.15, -0.1) is 0 Å². The van der Waals surface area contributed by atoms with Crippen LogP contribution in [0.5, 0.6) is 0 Å². The van der Waals surface area contributed by atoms with Gasteiger partial charge in [-0.2, -0.15) is 5.10 Å². The number of amides is 1. The van der Waals surface area contributed by atoms with Crippen LogP contribution < -0.4 is 5.43 Å². The molecule has 0 aliphatic rings. The summed E-state index contributed by atoms with van der Waals surface area (Å²) < 4.78 is 1.92. The Morgan fingerprint density at radius 3 is 2.50 bits per heavy atom. The van der Waals surface area contributed by atoms with Gasteiger partial charge in [-0.3, -0.25) is 14.9 Å². The summed E-state index contributed by atoms with van der Waals surface area (Å²) >= 11 is 5.75. The zero-order valence-electron chi connectivity index (χ0n) is 13.4. The molecule has 1 heterocycles. The van der Waals surface area contributed by atoms with Crippen LogP contribution in [0, 0.1) is 10.1 Å². The molecule has 1 N–H and O–H groups in total. The molecule has 26 heavy (non-hydrogen) atoms. The first-order chi connectivity index (χ1) is 12.5. The number of nitro groups is 1. The molecule has 8 heteroatoms. The maximum atomic E-state index is 12.1. The first-order valence-corrected chi connectivity index (χ1v) is 7.93. The summed E-state index contributed by atoms with van der Waals surface area (Å²) in [6, 6.07) is 15.1. The molecule has 7 nitrogen and oxygen atoms in total. The summed E-state index contributed by atoms with van der Waals surface area (Å²) in [6.45, 7) is 0. The largest absolute Gasteiger partial charge is 0.324 e. The van der Waals surface area contributed by atoms with Gasteiger partial charge in [0, 0.05) is 35.3 Å². The zero-order chi connectivity index (χ0) is 18.5. The van der Waals surface area contributed by atoms with E-state index in [-0.39, 0.29) is 16.6 Å². The van der Waals surface area contributed by atoms with E-state index in [1.165, 1.54) is 18.3 Å². The number of benzene rings is 2. The second kappa shape index (κ2) is 7.62. The first kappa shape index (κ1) is 17.4. The fourth-order valence-corrected chi connectivity index (χ4v) is 2.46. The van der Waals surface area contributed by atoms with Gasteiger partial charge in [0.25, 0.3) is 11.6 Å². The molecule has 0 bridgehead atoms. The zero-order valence-corrected chi connectivity index (χ0v) is 14.1. The van der Waals surface area contributed by atoms with Crippen molar-refractivity contribution in [2.24, 2.45) is 5.10 Å². The topological polar surface area (TPSA) is 89.5 Å². The first-order valence-electron chi connectivity index (χ1n) is 7.55. The molecule has 1 aromatic heterocycles. The SMILES string of the molecule is O=C(N/N=C/c1ccc(Cl)c([N+](=O)[O-])c1)c1ccc(-n2cccc2)cc1. The third-order valence-corrected chi connectivity index (χ3v) is 3.90. The smallest absolute Gasteiger partial charge is 0.288 e. The van der Waals surface area contributed by atoms with Gasteiger partial charge in [0.1, 0.15) is 5.02 Å². The minimum atomic E-state index is -0.579. The fraction of sp³-hybridized carbons (Fsp3) is 0. The summed E-state index contributed by atoms with van der Waals surface area (Å²) in [5, 5.41) is 14.7. The normalized spacial score (nSPS) is 10.8. The van der Waals surface area contributed by atoms with Gasteiger partial charge in [0.05, 0.1) is 11.1 Å². The second-order valence-corrected chi connectivity index (χ2v) is 5.71. The van der Waals surface area contributed by atoms with E-state index in [0.717, 1.165) is 5.69 Å². The lowest BCUT2D eigenvalue weighted by molar-refractivity contribution is -0.384. The molecule has 3 aromatic rings. The van der Waals surface area contributed by atoms with E-state index >= 15 is 0 Å². The molecule has 0 radical (unpaired) electrons. The number of hydrazone groups is 1. The third kappa shape index (κ3) is 3.96. The summed E-state index contributed by atoms with van der Waals surface area (Å²) in [5.74, 6) is -0.385. The van der Waals surface area contributed by atoms with Gasteiger partial charge in [-0.05, 0) is 42.5 Å². The molecule has 0 atom stereocenters. The molecule has 0 aliphatic heterocycles. The highest BCUT2D eigenvalue weighted by molar-refractivity contribution is 6.32. The Labute approximate surface area is 153 Å². The highest BCUT2D eigenvalue weighted by Crippen LogP contribution is 2.24. The van der Waals surface area contributed by atoms with Crippen molar-refractivity contribution in [3.8, 4) is 5.69 Å². The predicted octanol–water partition coefficient (Wildman–Crippen LogP) is 3.80. The lowest BCUT2D eigenvalue weighted by Crippen LogP contribution is -2.17. The second-order valence-electron chi connectivity index (χ2n) is 5.30. The predicted molar refractivity (Wildman–Crippen MR) is 98.9 cm³/mol. The number of nitrogens with one attached hydrogen (secondary N) is 1. The van der Waals surface area contributed by atoms with E-state index < -0.39 is 4.92 Å². The van der Waals surface area contributed by atoms with Crippen molar-refractivity contribution < 1.29 is 9.72 Å². The van der Waals surface area contributed by atoms with Crippen molar-refractivity contribution in [3.05, 3.63) is 93.3 Å². The Hall–Kier alpha value is -3.45. The summed E-state index contributed by atoms with van der Waals surface area (Å²) in [4.78, 5) is 22.4. The number of rotatable bonds is 5. The number of carbonyl (C=O) groups is 1. The highest BCUT2D eigenvalue weighted by atomic mass is 35.5. The molecule has 0 unspecified atom stereocenters. The molecule has 0 saturated carbocycles. The maximum Gasteiger partial charge on any atom is 0.288 e. The van der Waals surface area contributed by atoms with E-state index in [1.807, 2.05) is 41.2 Å². The minimum Gasteiger partial charge on any atom is -0.324 e. The van der Waals surface area contributed by atoms with E-state index in [4.69, 9.17) is 11.6 Å². The van der Waals surface area contributed by atoms with Gasteiger partial charge in [0.15, 0.2) is 0 Å². The maximum absolute atomic E-state index is 12.1. The summed E-state index contributed by atoms with van der Waals surface area (Å²) in [6.07, 6.45) is 5.13. The Kier molecular flexibility index (Phi) is 5.09. The lowest BCUT2D eigenvalue weighted by Gasteiger charge is -2.04. The Morgan fingerprint density at radius 1 is 1.15 bits per heavy atom. The standard InChI is InChI=1S/C18H13ClN4O3/c19-16-8-3-13(11-17(16)23(25)26)12-20-21-18(24)14-4-6-15(7-5-14)22-9-1-2-10-22/h1-12H,(H,21,24)/b20-12+. The Morgan fingerprint density at radius 2 is 1.85 bits per heavy atom. The molecule has 0 saturated heterocycles. The van der Waals surface area contributed by atoms with Crippen LogP contribution in [0.15, 0.2) is 72.1 Å². The number of halogens is 1. The Balaban J connectivity index is 1.66. The lowest BCUT2D eigenvalue weighted by atomic mass is 10.2. The molecular formula is C18H13ClN4O3. The quantitative estimate of drug-likeness (QED) is 0.422. The molecule has 2 aromatic carbocycles. The van der Waals surface area contributed by atoms with Gasteiger partial charge >= 0.3 is 0 Å². The van der Waals surface area contributed by atoms with Crippen LogP contribution in [-0.4, -0.2) is 21.6 Å². The van der Waals surface area contributed by atoms with Crippen LogP contribution in [0.2, 0.25) is 5.02 Å². The van der Waals surface area contributed by atoms with Crippen LogP contribution in [0.3, 0.4) is 0 Å². The van der Waals surface area contributed by atoms with Crippen LogP contribution >= 0.6 is 11.6 Å². The average molecular weight is 369 g/mol. The molecule has 130 valence electrons. The number of hydrogen-bond donors (Lipinski definition) is 1. The monoisotopic (exact) mass is 368 g/mol. The minimum absolute atomic E-state index is 0.0407. The van der Waals surface area contributed by atoms with E-state index in [9.17, 15) is 14.9 Å². The number of aromatic nitrogens is 1. The van der Waals surface area contributed by atoms with Gasteiger partial charge in [-0.25, -0.2) is 5.43 Å². The number of hydrogen-bond acceptors (Lipinski definition) is 4. The van der Waals surface area contributed by atoms with E-state index in [2.05, 4.69) is 10.5 Å². The van der Waals surface area contributed by atoms with Crippen molar-refractivity contribution in [2.75, 3.05) is 0 Å². The fourth-order valence-electron chi connectivity index (χ4n) is 2.27. The molecular weight excluding hydrogens is 356 g/mol. The van der Waals surface area contributed by atoms with E-state index in [0.29, 0.717) is 11.1 Å². The molecule has 1 amide bonds. The van der Waals surface area contributed by atoms with Crippen LogP contribution in [0.4, 0.5) is 5.69 Å². The van der Waals surface area contributed by atoms with Crippen LogP contribution in [0.1, 0.15) is 15.9 Å². The number of nitro benzene ring substituents is 1. The van der Waals surface area contributed by atoms with Crippen LogP contribution in [-0.2, 0) is 0 Å². The van der Waals surface area contributed by atoms with Gasteiger partial charge < -0.3 is 4.57 Å². The summed E-state index contributed by atoms with van der Waals surface area (Å²) in [5.41, 5.74) is 3.99. The van der Waals surface area contributed by atoms with Crippen molar-refractivity contribution in [1.29, 1.82) is 0 Å². The van der Waals surface area contributed by atoms with Crippen LogP contribution in [0.25, 0.3) is 5.69 Å².